The van der Waals surface area contributed by atoms with Crippen LogP contribution in [0.1, 0.15) is 10.4 Å². The van der Waals surface area contributed by atoms with Crippen molar-refractivity contribution in [1.29, 1.82) is 0 Å². The van der Waals surface area contributed by atoms with E-state index in [9.17, 15) is 4.79 Å². The quantitative estimate of drug-likeness (QED) is 0.378. The van der Waals surface area contributed by atoms with Crippen molar-refractivity contribution < 1.29 is 14.6 Å². The smallest absolute Gasteiger partial charge is 0.201 e. The van der Waals surface area contributed by atoms with Crippen LogP contribution in [0.15, 0.2) is 48.5 Å². The van der Waals surface area contributed by atoms with Crippen LogP contribution >= 0.6 is 0 Å². The van der Waals surface area contributed by atoms with E-state index in [2.05, 4.69) is 0 Å². The lowest BCUT2D eigenvalue weighted by molar-refractivity contribution is -0.0994. The van der Waals surface area contributed by atoms with E-state index in [1.54, 1.807) is 48.5 Å². The number of benzene rings is 2. The molecule has 0 radical (unpaired) electrons. The zero-order valence-corrected chi connectivity index (χ0v) is 9.00. The van der Waals surface area contributed by atoms with Crippen LogP contribution in [-0.4, -0.2) is 6.29 Å². The maximum Gasteiger partial charge on any atom is 0.201 e. The molecule has 0 unspecified atom stereocenters. The van der Waals surface area contributed by atoms with Crippen molar-refractivity contribution in [1.82, 2.24) is 0 Å². The largest absolute Gasteiger partial charge is 0.396 e. The molecule has 0 aliphatic rings. The molecule has 2 aromatic rings. The Bertz CT molecular complexity index is 526. The first-order chi connectivity index (χ1) is 8.31. The molecule has 17 heavy (non-hydrogen) atoms. The first kappa shape index (κ1) is 11.0. The normalized spacial score (nSPS) is 9.65. The van der Waals surface area contributed by atoms with Gasteiger partial charge in [-0.05, 0) is 24.3 Å². The summed E-state index contributed by atoms with van der Waals surface area (Å²) < 4.78 is 0. The van der Waals surface area contributed by atoms with Gasteiger partial charge >= 0.3 is 0 Å². The molecule has 4 nitrogen and oxygen atoms in total. The molecule has 0 aliphatic carbocycles. The summed E-state index contributed by atoms with van der Waals surface area (Å²) >= 11 is 0. The third-order valence-electron chi connectivity index (χ3n) is 2.19. The van der Waals surface area contributed by atoms with Gasteiger partial charge in [-0.15, -0.1) is 0 Å². The number of anilines is 1. The number of aldehydes is 1. The maximum absolute atomic E-state index is 10.7. The standard InChI is InChI=1S/C13H11NO3/c14-11-6-2-4-8-13(11)17-16-12-7-3-1-5-10(12)9-15/h1-9H,14H2. The molecule has 0 spiro atoms. The molecule has 0 aromatic heterocycles. The van der Waals surface area contributed by atoms with E-state index >= 15 is 0 Å². The Balaban J connectivity index is 2.13. The van der Waals surface area contributed by atoms with Gasteiger partial charge in [-0.2, -0.15) is 0 Å². The van der Waals surface area contributed by atoms with Crippen molar-refractivity contribution in [2.45, 2.75) is 0 Å². The van der Waals surface area contributed by atoms with Gasteiger partial charge in [-0.25, -0.2) is 0 Å². The lowest BCUT2D eigenvalue weighted by atomic mass is 10.2. The Morgan fingerprint density at radius 1 is 0.882 bits per heavy atom. The summed E-state index contributed by atoms with van der Waals surface area (Å²) in [4.78, 5) is 20.9. The Hall–Kier alpha value is -2.49. The predicted molar refractivity (Wildman–Crippen MR) is 63.9 cm³/mol. The summed E-state index contributed by atoms with van der Waals surface area (Å²) in [6.45, 7) is 0. The average molecular weight is 229 g/mol. The van der Waals surface area contributed by atoms with Crippen molar-refractivity contribution in [2.75, 3.05) is 5.73 Å². The molecule has 0 atom stereocenters. The third kappa shape index (κ3) is 2.55. The third-order valence-corrected chi connectivity index (χ3v) is 2.19. The molecule has 0 amide bonds. The van der Waals surface area contributed by atoms with Gasteiger partial charge in [0.25, 0.3) is 0 Å². The molecule has 0 saturated carbocycles. The van der Waals surface area contributed by atoms with Crippen LogP contribution in [0.2, 0.25) is 0 Å². The molecule has 2 N–H and O–H groups in total. The Kier molecular flexibility index (Phi) is 3.25. The minimum atomic E-state index is 0.353. The summed E-state index contributed by atoms with van der Waals surface area (Å²) in [7, 11) is 0. The van der Waals surface area contributed by atoms with Gasteiger partial charge in [-0.1, -0.05) is 24.3 Å². The number of rotatable bonds is 4. The predicted octanol–water partition coefficient (Wildman–Crippen LogP) is 2.45. The summed E-state index contributed by atoms with van der Waals surface area (Å²) in [5, 5.41) is 0. The zero-order valence-electron chi connectivity index (χ0n) is 9.00. The summed E-state index contributed by atoms with van der Waals surface area (Å²) in [6.07, 6.45) is 0.701. The number of carbonyl (C=O) groups is 1. The number of nitrogens with two attached hydrogens (primary N) is 1. The molecule has 0 saturated heterocycles. The van der Waals surface area contributed by atoms with E-state index in [0.29, 0.717) is 29.0 Å². The molecule has 0 heterocycles. The van der Waals surface area contributed by atoms with Crippen molar-refractivity contribution in [3.05, 3.63) is 54.1 Å². The van der Waals surface area contributed by atoms with E-state index < -0.39 is 0 Å². The second-order valence-electron chi connectivity index (χ2n) is 3.36. The van der Waals surface area contributed by atoms with Crippen molar-refractivity contribution in [3.8, 4) is 11.5 Å². The van der Waals surface area contributed by atoms with Crippen molar-refractivity contribution in [3.63, 3.8) is 0 Å². The number of hydrogen-bond donors (Lipinski definition) is 1. The van der Waals surface area contributed by atoms with Gasteiger partial charge in [0.15, 0.2) is 12.0 Å². The van der Waals surface area contributed by atoms with Gasteiger partial charge in [0, 0.05) is 0 Å². The second-order valence-corrected chi connectivity index (χ2v) is 3.36. The van der Waals surface area contributed by atoms with Gasteiger partial charge in [0.2, 0.25) is 5.75 Å². The number of nitrogen functional groups attached to an aromatic ring is 1. The highest BCUT2D eigenvalue weighted by Crippen LogP contribution is 2.22. The molecular weight excluding hydrogens is 218 g/mol. The van der Waals surface area contributed by atoms with Gasteiger partial charge in [0.1, 0.15) is 0 Å². The van der Waals surface area contributed by atoms with E-state index in [1.165, 1.54) is 0 Å². The molecule has 2 rings (SSSR count). The zero-order chi connectivity index (χ0) is 12.1. The highest BCUT2D eigenvalue weighted by atomic mass is 17.2. The first-order valence-electron chi connectivity index (χ1n) is 5.04. The molecule has 0 bridgehead atoms. The van der Waals surface area contributed by atoms with Gasteiger partial charge in [-0.3, -0.25) is 14.6 Å². The SMILES string of the molecule is Nc1ccccc1OOc1ccccc1C=O. The molecule has 2 aromatic carbocycles. The van der Waals surface area contributed by atoms with Gasteiger partial charge in [0.05, 0.1) is 11.3 Å². The fraction of sp³-hybridized carbons (Fsp3) is 0. The van der Waals surface area contributed by atoms with E-state index in [4.69, 9.17) is 15.5 Å². The number of hydrogen-bond acceptors (Lipinski definition) is 4. The maximum atomic E-state index is 10.7. The fourth-order valence-electron chi connectivity index (χ4n) is 1.30. The van der Waals surface area contributed by atoms with Crippen LogP contribution in [-0.2, 0) is 0 Å². The highest BCUT2D eigenvalue weighted by molar-refractivity contribution is 5.79. The minimum absolute atomic E-state index is 0.353. The van der Waals surface area contributed by atoms with Crippen LogP contribution in [0.3, 0.4) is 0 Å². The van der Waals surface area contributed by atoms with Crippen molar-refractivity contribution in [2.24, 2.45) is 0 Å². The lowest BCUT2D eigenvalue weighted by Crippen LogP contribution is -2.04. The van der Waals surface area contributed by atoms with Crippen LogP contribution in [0.25, 0.3) is 0 Å². The van der Waals surface area contributed by atoms with Crippen LogP contribution in [0, 0.1) is 0 Å². The summed E-state index contributed by atoms with van der Waals surface area (Å²) in [5.41, 5.74) is 6.57. The molecule has 86 valence electrons. The second kappa shape index (κ2) is 5.03. The minimum Gasteiger partial charge on any atom is -0.396 e. The number of para-hydroxylation sites is 3. The van der Waals surface area contributed by atoms with Gasteiger partial charge < -0.3 is 5.73 Å². The topological polar surface area (TPSA) is 61.6 Å². The summed E-state index contributed by atoms with van der Waals surface area (Å²) in [6, 6.07) is 13.7. The van der Waals surface area contributed by atoms with Crippen LogP contribution in [0.5, 0.6) is 11.5 Å². The molecule has 4 heteroatoms. The molecule has 0 fully saturated rings. The Labute approximate surface area is 98.5 Å². The monoisotopic (exact) mass is 229 g/mol. The molecular formula is C13H11NO3. The lowest BCUT2D eigenvalue weighted by Gasteiger charge is -2.08. The Morgan fingerprint density at radius 3 is 2.18 bits per heavy atom. The summed E-state index contributed by atoms with van der Waals surface area (Å²) in [5.74, 6) is 0.763. The Morgan fingerprint density at radius 2 is 1.47 bits per heavy atom. The van der Waals surface area contributed by atoms with Crippen molar-refractivity contribution >= 4 is 12.0 Å². The van der Waals surface area contributed by atoms with E-state index in [0.717, 1.165) is 0 Å². The van der Waals surface area contributed by atoms with E-state index in [-0.39, 0.29) is 0 Å². The average Bonchev–Trinajstić information content (AvgIpc) is 2.38. The van der Waals surface area contributed by atoms with Crippen LogP contribution < -0.4 is 15.5 Å². The molecule has 0 aliphatic heterocycles. The van der Waals surface area contributed by atoms with Crippen LogP contribution in [0.4, 0.5) is 5.69 Å². The number of carbonyl (C=O) groups excluding carboxylic acids is 1. The fourth-order valence-corrected chi connectivity index (χ4v) is 1.30. The van der Waals surface area contributed by atoms with E-state index in [1.807, 2.05) is 0 Å². The highest BCUT2D eigenvalue weighted by Gasteiger charge is 2.05. The first-order valence-corrected chi connectivity index (χ1v) is 5.04.